The van der Waals surface area contributed by atoms with E-state index in [0.717, 1.165) is 55.8 Å². The number of carbonyl (C=O) groups excluding carboxylic acids is 1. The summed E-state index contributed by atoms with van der Waals surface area (Å²) in [4.78, 5) is 19.2. The summed E-state index contributed by atoms with van der Waals surface area (Å²) in [5.41, 5.74) is 4.38. The smallest absolute Gasteiger partial charge is 0.322 e. The van der Waals surface area contributed by atoms with Gasteiger partial charge in [-0.25, -0.2) is 9.78 Å². The highest BCUT2D eigenvalue weighted by Crippen LogP contribution is 2.14. The predicted octanol–water partition coefficient (Wildman–Crippen LogP) is 6.41. The minimum absolute atomic E-state index is 0.0498. The van der Waals surface area contributed by atoms with E-state index in [1.54, 1.807) is 6.20 Å². The lowest BCUT2D eigenvalue weighted by Crippen LogP contribution is -2.35. The monoisotopic (exact) mass is 430 g/mol. The van der Waals surface area contributed by atoms with Crippen LogP contribution in [-0.2, 0) is 6.54 Å². The van der Waals surface area contributed by atoms with Gasteiger partial charge in [-0.05, 0) is 56.5 Å². The molecule has 0 aliphatic heterocycles. The van der Waals surface area contributed by atoms with Gasteiger partial charge in [-0.2, -0.15) is 0 Å². The Hall–Kier alpha value is -3.34. The highest BCUT2D eigenvalue weighted by Gasteiger charge is 2.14. The van der Waals surface area contributed by atoms with Crippen LogP contribution in [0.3, 0.4) is 0 Å². The van der Waals surface area contributed by atoms with E-state index < -0.39 is 0 Å². The number of nitrogens with one attached hydrogen (secondary N) is 2. The van der Waals surface area contributed by atoms with E-state index in [9.17, 15) is 4.79 Å². The van der Waals surface area contributed by atoms with Crippen molar-refractivity contribution in [1.82, 2.24) is 9.88 Å². The van der Waals surface area contributed by atoms with Gasteiger partial charge in [0, 0.05) is 31.5 Å². The summed E-state index contributed by atoms with van der Waals surface area (Å²) in [6, 6.07) is 22.2. The first-order valence-corrected chi connectivity index (χ1v) is 11.4. The lowest BCUT2D eigenvalue weighted by molar-refractivity contribution is 0.207. The van der Waals surface area contributed by atoms with Crippen molar-refractivity contribution in [1.29, 1.82) is 0 Å². The van der Waals surface area contributed by atoms with Crippen molar-refractivity contribution in [2.75, 3.05) is 23.7 Å². The SMILES string of the molecule is Cc1ccc(CN(CCCCCCNc2ccccn2)C(=O)Nc2ccc(C)cc2)cc1. The third-order valence-corrected chi connectivity index (χ3v) is 5.41. The average molecular weight is 431 g/mol. The van der Waals surface area contributed by atoms with E-state index in [1.165, 1.54) is 11.1 Å². The summed E-state index contributed by atoms with van der Waals surface area (Å²) >= 11 is 0. The topological polar surface area (TPSA) is 57.3 Å². The molecule has 3 rings (SSSR count). The fourth-order valence-corrected chi connectivity index (χ4v) is 3.47. The molecular formula is C27H34N4O. The fourth-order valence-electron chi connectivity index (χ4n) is 3.47. The van der Waals surface area contributed by atoms with Crippen LogP contribution in [0.2, 0.25) is 0 Å². The molecule has 0 unspecified atom stereocenters. The molecule has 0 spiro atoms. The molecule has 2 aromatic carbocycles. The lowest BCUT2D eigenvalue weighted by atomic mass is 10.1. The largest absolute Gasteiger partial charge is 0.370 e. The molecule has 0 fully saturated rings. The number of nitrogens with zero attached hydrogens (tertiary/aromatic N) is 2. The van der Waals surface area contributed by atoms with Crippen molar-refractivity contribution >= 4 is 17.5 Å². The number of amides is 2. The van der Waals surface area contributed by atoms with Crippen LogP contribution in [0.25, 0.3) is 0 Å². The summed E-state index contributed by atoms with van der Waals surface area (Å²) < 4.78 is 0. The summed E-state index contributed by atoms with van der Waals surface area (Å²) in [6.07, 6.45) is 6.08. The first-order valence-electron chi connectivity index (χ1n) is 11.4. The zero-order valence-corrected chi connectivity index (χ0v) is 19.2. The van der Waals surface area contributed by atoms with E-state index in [4.69, 9.17) is 0 Å². The van der Waals surface area contributed by atoms with Gasteiger partial charge in [0.05, 0.1) is 0 Å². The molecule has 2 N–H and O–H groups in total. The van der Waals surface area contributed by atoms with E-state index >= 15 is 0 Å². The summed E-state index contributed by atoms with van der Waals surface area (Å²) in [7, 11) is 0. The normalized spacial score (nSPS) is 10.6. The van der Waals surface area contributed by atoms with Crippen LogP contribution in [0.1, 0.15) is 42.4 Å². The van der Waals surface area contributed by atoms with Crippen molar-refractivity contribution in [2.45, 2.75) is 46.1 Å². The van der Waals surface area contributed by atoms with Crippen molar-refractivity contribution in [3.05, 3.63) is 89.6 Å². The molecule has 2 amide bonds. The number of carbonyl (C=O) groups is 1. The van der Waals surface area contributed by atoms with E-state index in [2.05, 4.69) is 46.8 Å². The molecule has 0 bridgehead atoms. The molecule has 0 aliphatic rings. The van der Waals surface area contributed by atoms with Gasteiger partial charge < -0.3 is 15.5 Å². The summed E-state index contributed by atoms with van der Waals surface area (Å²) in [5, 5.41) is 6.40. The van der Waals surface area contributed by atoms with Crippen LogP contribution >= 0.6 is 0 Å². The van der Waals surface area contributed by atoms with E-state index in [-0.39, 0.29) is 6.03 Å². The molecule has 0 saturated heterocycles. The Morgan fingerprint density at radius 2 is 1.53 bits per heavy atom. The Bertz CT molecular complexity index is 940. The number of urea groups is 1. The van der Waals surface area contributed by atoms with Crippen LogP contribution < -0.4 is 10.6 Å². The van der Waals surface area contributed by atoms with Crippen LogP contribution in [0.4, 0.5) is 16.3 Å². The molecular weight excluding hydrogens is 396 g/mol. The Labute approximate surface area is 191 Å². The van der Waals surface area contributed by atoms with Gasteiger partial charge in [0.25, 0.3) is 0 Å². The van der Waals surface area contributed by atoms with Gasteiger partial charge in [0.1, 0.15) is 5.82 Å². The Balaban J connectivity index is 1.47. The third-order valence-electron chi connectivity index (χ3n) is 5.41. The standard InChI is InChI=1S/C27H34N4O/c1-22-10-14-24(15-11-22)21-31(27(32)30-25-16-12-23(2)13-17-25)20-8-4-3-6-18-28-26-9-5-7-19-29-26/h5,7,9-17,19H,3-4,6,8,18,20-21H2,1-2H3,(H,28,29)(H,30,32). The van der Waals surface area contributed by atoms with Crippen molar-refractivity contribution < 1.29 is 4.79 Å². The molecule has 32 heavy (non-hydrogen) atoms. The molecule has 0 radical (unpaired) electrons. The number of pyridine rings is 1. The second kappa shape index (κ2) is 12.5. The summed E-state index contributed by atoms with van der Waals surface area (Å²) in [6.45, 7) is 6.38. The number of aryl methyl sites for hydroxylation is 2. The minimum atomic E-state index is -0.0498. The van der Waals surface area contributed by atoms with Gasteiger partial charge in [-0.3, -0.25) is 0 Å². The van der Waals surface area contributed by atoms with Crippen molar-refractivity contribution in [3.8, 4) is 0 Å². The molecule has 168 valence electrons. The van der Waals surface area contributed by atoms with Gasteiger partial charge in [0.15, 0.2) is 0 Å². The number of unbranched alkanes of at least 4 members (excludes halogenated alkanes) is 3. The van der Waals surface area contributed by atoms with Gasteiger partial charge in [-0.15, -0.1) is 0 Å². The number of benzene rings is 2. The molecule has 5 nitrogen and oxygen atoms in total. The summed E-state index contributed by atoms with van der Waals surface area (Å²) in [5.74, 6) is 0.921. The van der Waals surface area contributed by atoms with Gasteiger partial charge >= 0.3 is 6.03 Å². The Morgan fingerprint density at radius 1 is 0.844 bits per heavy atom. The second-order valence-electron chi connectivity index (χ2n) is 8.26. The zero-order valence-electron chi connectivity index (χ0n) is 19.2. The first-order chi connectivity index (χ1) is 15.6. The molecule has 1 aromatic heterocycles. The number of hydrogen-bond acceptors (Lipinski definition) is 3. The molecule has 3 aromatic rings. The molecule has 5 heteroatoms. The predicted molar refractivity (Wildman–Crippen MR) is 133 cm³/mol. The Kier molecular flexibility index (Phi) is 9.11. The molecule has 0 atom stereocenters. The molecule has 0 aliphatic carbocycles. The Morgan fingerprint density at radius 3 is 2.22 bits per heavy atom. The first kappa shape index (κ1) is 23.3. The maximum absolute atomic E-state index is 13.0. The van der Waals surface area contributed by atoms with Gasteiger partial charge in [-0.1, -0.05) is 66.4 Å². The van der Waals surface area contributed by atoms with E-state index in [1.807, 2.05) is 54.3 Å². The van der Waals surface area contributed by atoms with Crippen LogP contribution in [0.15, 0.2) is 72.9 Å². The van der Waals surface area contributed by atoms with Crippen LogP contribution in [0, 0.1) is 13.8 Å². The number of rotatable bonds is 11. The maximum Gasteiger partial charge on any atom is 0.322 e. The van der Waals surface area contributed by atoms with E-state index in [0.29, 0.717) is 6.54 Å². The van der Waals surface area contributed by atoms with Gasteiger partial charge in [0.2, 0.25) is 0 Å². The number of anilines is 2. The zero-order chi connectivity index (χ0) is 22.6. The molecule has 0 saturated carbocycles. The second-order valence-corrected chi connectivity index (χ2v) is 8.26. The number of hydrogen-bond donors (Lipinski definition) is 2. The number of aromatic nitrogens is 1. The highest BCUT2D eigenvalue weighted by molar-refractivity contribution is 5.89. The quantitative estimate of drug-likeness (QED) is 0.346. The average Bonchev–Trinajstić information content (AvgIpc) is 2.81. The lowest BCUT2D eigenvalue weighted by Gasteiger charge is -2.23. The van der Waals surface area contributed by atoms with Crippen LogP contribution in [-0.4, -0.2) is 29.0 Å². The highest BCUT2D eigenvalue weighted by atomic mass is 16.2. The minimum Gasteiger partial charge on any atom is -0.370 e. The maximum atomic E-state index is 13.0. The van der Waals surface area contributed by atoms with Crippen LogP contribution in [0.5, 0.6) is 0 Å². The van der Waals surface area contributed by atoms with Crippen molar-refractivity contribution in [3.63, 3.8) is 0 Å². The third kappa shape index (κ3) is 8.06. The fraction of sp³-hybridized carbons (Fsp3) is 0.333. The van der Waals surface area contributed by atoms with Crippen molar-refractivity contribution in [2.24, 2.45) is 0 Å². The molecule has 1 heterocycles.